The molecule has 2 N–H and O–H groups in total. The molecule has 0 saturated heterocycles. The summed E-state index contributed by atoms with van der Waals surface area (Å²) in [5.41, 5.74) is 0.666. The molecule has 1 aromatic heterocycles. The molecular formula is C10H7BrFN3O2S2. The van der Waals surface area contributed by atoms with Crippen molar-refractivity contribution in [2.75, 3.05) is 11.1 Å². The van der Waals surface area contributed by atoms with Gasteiger partial charge in [-0.3, -0.25) is 4.79 Å². The molecule has 0 fully saturated rings. The van der Waals surface area contributed by atoms with Gasteiger partial charge in [0.2, 0.25) is 5.13 Å². The van der Waals surface area contributed by atoms with Gasteiger partial charge in [0.1, 0.15) is 5.82 Å². The van der Waals surface area contributed by atoms with Crippen LogP contribution in [0.3, 0.4) is 0 Å². The number of nitrogens with one attached hydrogen (secondary N) is 1. The summed E-state index contributed by atoms with van der Waals surface area (Å²) in [6.45, 7) is 0. The fourth-order valence-electron chi connectivity index (χ4n) is 1.14. The number of benzene rings is 1. The van der Waals surface area contributed by atoms with E-state index in [0.29, 0.717) is 19.6 Å². The highest BCUT2D eigenvalue weighted by molar-refractivity contribution is 9.10. The van der Waals surface area contributed by atoms with Crippen LogP contribution in [0, 0.1) is 5.82 Å². The minimum atomic E-state index is -0.905. The Balaban J connectivity index is 2.02. The minimum absolute atomic E-state index is 0.0588. The average molecular weight is 364 g/mol. The molecule has 0 amide bonds. The largest absolute Gasteiger partial charge is 0.481 e. The topological polar surface area (TPSA) is 75.1 Å². The second-order valence-electron chi connectivity index (χ2n) is 3.31. The molecular weight excluding hydrogens is 357 g/mol. The molecule has 5 nitrogen and oxygen atoms in total. The van der Waals surface area contributed by atoms with Crippen molar-refractivity contribution >= 4 is 55.8 Å². The maximum absolute atomic E-state index is 13.1. The molecule has 0 aliphatic heterocycles. The third-order valence-electron chi connectivity index (χ3n) is 1.90. The number of nitrogens with zero attached hydrogens (tertiary/aromatic N) is 2. The van der Waals surface area contributed by atoms with Crippen LogP contribution in [-0.2, 0) is 4.79 Å². The summed E-state index contributed by atoms with van der Waals surface area (Å²) in [6, 6.07) is 4.49. The molecule has 100 valence electrons. The van der Waals surface area contributed by atoms with E-state index in [2.05, 4.69) is 31.4 Å². The molecule has 0 unspecified atom stereocenters. The zero-order valence-electron chi connectivity index (χ0n) is 9.26. The molecule has 0 saturated carbocycles. The molecule has 0 spiro atoms. The van der Waals surface area contributed by atoms with Crippen LogP contribution < -0.4 is 5.32 Å². The van der Waals surface area contributed by atoms with Crippen LogP contribution in [0.5, 0.6) is 0 Å². The Kier molecular flexibility index (Phi) is 4.72. The Hall–Kier alpha value is -1.19. The average Bonchev–Trinajstić information content (AvgIpc) is 2.79. The first-order chi connectivity index (χ1) is 9.04. The Morgan fingerprint density at radius 3 is 3.00 bits per heavy atom. The Morgan fingerprint density at radius 1 is 1.53 bits per heavy atom. The van der Waals surface area contributed by atoms with E-state index in [9.17, 15) is 9.18 Å². The van der Waals surface area contributed by atoms with Gasteiger partial charge >= 0.3 is 5.97 Å². The lowest BCUT2D eigenvalue weighted by Crippen LogP contribution is -1.96. The van der Waals surface area contributed by atoms with Gasteiger partial charge in [-0.15, -0.1) is 10.2 Å². The van der Waals surface area contributed by atoms with E-state index >= 15 is 0 Å². The van der Waals surface area contributed by atoms with Gasteiger partial charge in [-0.05, 0) is 34.1 Å². The lowest BCUT2D eigenvalue weighted by molar-refractivity contribution is -0.133. The first kappa shape index (κ1) is 14.2. The quantitative estimate of drug-likeness (QED) is 0.793. The van der Waals surface area contributed by atoms with E-state index in [1.54, 1.807) is 12.1 Å². The zero-order valence-corrected chi connectivity index (χ0v) is 12.5. The highest BCUT2D eigenvalue weighted by Crippen LogP contribution is 2.28. The molecule has 0 bridgehead atoms. The predicted molar refractivity (Wildman–Crippen MR) is 75.7 cm³/mol. The van der Waals surface area contributed by atoms with E-state index in [0.717, 1.165) is 11.8 Å². The van der Waals surface area contributed by atoms with Gasteiger partial charge in [0.25, 0.3) is 0 Å². The normalized spacial score (nSPS) is 10.4. The second kappa shape index (κ2) is 6.31. The Bertz CT molecular complexity index is 608. The van der Waals surface area contributed by atoms with Crippen LogP contribution in [-0.4, -0.2) is 27.0 Å². The third-order valence-corrected chi connectivity index (χ3v) is 4.46. The van der Waals surface area contributed by atoms with Gasteiger partial charge in [-0.2, -0.15) is 0 Å². The van der Waals surface area contributed by atoms with Crippen molar-refractivity contribution < 1.29 is 14.3 Å². The summed E-state index contributed by atoms with van der Waals surface area (Å²) in [4.78, 5) is 10.4. The summed E-state index contributed by atoms with van der Waals surface area (Å²) >= 11 is 5.43. The van der Waals surface area contributed by atoms with E-state index in [4.69, 9.17) is 5.11 Å². The molecule has 1 heterocycles. The molecule has 0 aliphatic rings. The lowest BCUT2D eigenvalue weighted by Gasteiger charge is -2.02. The molecule has 2 aromatic rings. The number of carboxylic acids is 1. The van der Waals surface area contributed by atoms with Crippen molar-refractivity contribution in [3.8, 4) is 0 Å². The number of anilines is 2. The van der Waals surface area contributed by atoms with E-state index in [1.807, 2.05) is 0 Å². The smallest absolute Gasteiger partial charge is 0.313 e. The standard InChI is InChI=1S/C10H7BrFN3O2S2/c11-6-3-5(1-2-7(6)12)13-9-14-15-10(19-9)18-4-8(16)17/h1-3H,4H2,(H,13,14)(H,16,17). The number of rotatable bonds is 5. The molecule has 0 aliphatic carbocycles. The molecule has 9 heteroatoms. The fraction of sp³-hybridized carbons (Fsp3) is 0.100. The van der Waals surface area contributed by atoms with Crippen LogP contribution in [0.15, 0.2) is 27.0 Å². The molecule has 19 heavy (non-hydrogen) atoms. The number of carboxylic acid groups (broad SMARTS) is 1. The molecule has 0 radical (unpaired) electrons. The summed E-state index contributed by atoms with van der Waals surface area (Å²) in [5, 5.41) is 19.8. The van der Waals surface area contributed by atoms with Crippen molar-refractivity contribution in [2.45, 2.75) is 4.34 Å². The molecule has 0 atom stereocenters. The number of aromatic nitrogens is 2. The summed E-state index contributed by atoms with van der Waals surface area (Å²) in [7, 11) is 0. The summed E-state index contributed by atoms with van der Waals surface area (Å²) in [6.07, 6.45) is 0. The van der Waals surface area contributed by atoms with Crippen molar-refractivity contribution in [2.24, 2.45) is 0 Å². The van der Waals surface area contributed by atoms with Gasteiger partial charge in [-0.1, -0.05) is 23.1 Å². The van der Waals surface area contributed by atoms with Gasteiger partial charge in [-0.25, -0.2) is 4.39 Å². The van der Waals surface area contributed by atoms with Gasteiger partial charge in [0.05, 0.1) is 10.2 Å². The van der Waals surface area contributed by atoms with Crippen LogP contribution in [0.1, 0.15) is 0 Å². The maximum atomic E-state index is 13.1. The van der Waals surface area contributed by atoms with Crippen molar-refractivity contribution in [1.29, 1.82) is 0 Å². The fourth-order valence-corrected chi connectivity index (χ4v) is 3.01. The number of halogens is 2. The minimum Gasteiger partial charge on any atom is -0.481 e. The number of thioether (sulfide) groups is 1. The highest BCUT2D eigenvalue weighted by atomic mass is 79.9. The van der Waals surface area contributed by atoms with Crippen LogP contribution in [0.25, 0.3) is 0 Å². The second-order valence-corrected chi connectivity index (χ2v) is 6.36. The molecule has 1 aromatic carbocycles. The highest BCUT2D eigenvalue weighted by Gasteiger charge is 2.08. The summed E-state index contributed by atoms with van der Waals surface area (Å²) in [5.74, 6) is -1.31. The molecule has 2 rings (SSSR count). The maximum Gasteiger partial charge on any atom is 0.313 e. The van der Waals surface area contributed by atoms with Crippen LogP contribution >= 0.6 is 39.0 Å². The predicted octanol–water partition coefficient (Wildman–Crippen LogP) is 3.36. The van der Waals surface area contributed by atoms with Gasteiger partial charge in [0.15, 0.2) is 4.34 Å². The van der Waals surface area contributed by atoms with Gasteiger partial charge < -0.3 is 10.4 Å². The first-order valence-corrected chi connectivity index (χ1v) is 7.54. The number of hydrogen-bond donors (Lipinski definition) is 2. The van der Waals surface area contributed by atoms with Crippen LogP contribution in [0.2, 0.25) is 0 Å². The number of hydrogen-bond acceptors (Lipinski definition) is 6. The van der Waals surface area contributed by atoms with E-state index in [1.165, 1.54) is 17.4 Å². The zero-order chi connectivity index (χ0) is 13.8. The van der Waals surface area contributed by atoms with Gasteiger partial charge in [0, 0.05) is 5.69 Å². The van der Waals surface area contributed by atoms with Crippen molar-refractivity contribution in [3.05, 3.63) is 28.5 Å². The lowest BCUT2D eigenvalue weighted by atomic mass is 10.3. The monoisotopic (exact) mass is 363 g/mol. The summed E-state index contributed by atoms with van der Waals surface area (Å²) < 4.78 is 14.0. The Labute approximate surface area is 124 Å². The number of aliphatic carboxylic acids is 1. The van der Waals surface area contributed by atoms with E-state index in [-0.39, 0.29) is 11.6 Å². The Morgan fingerprint density at radius 2 is 2.32 bits per heavy atom. The van der Waals surface area contributed by atoms with Crippen molar-refractivity contribution in [3.63, 3.8) is 0 Å². The number of carbonyl (C=O) groups is 1. The van der Waals surface area contributed by atoms with Crippen molar-refractivity contribution in [1.82, 2.24) is 10.2 Å². The first-order valence-electron chi connectivity index (χ1n) is 4.95. The third kappa shape index (κ3) is 4.15. The van der Waals surface area contributed by atoms with E-state index < -0.39 is 5.97 Å². The SMILES string of the molecule is O=C(O)CSc1nnc(Nc2ccc(F)c(Br)c2)s1. The van der Waals surface area contributed by atoms with Crippen LogP contribution in [0.4, 0.5) is 15.2 Å².